The zero-order valence-corrected chi connectivity index (χ0v) is 16.9. The minimum atomic E-state index is -0.637. The third-order valence-corrected chi connectivity index (χ3v) is 4.38. The molecule has 1 aromatic carbocycles. The fraction of sp³-hybridized carbons (Fsp3) is 0.450. The van der Waals surface area contributed by atoms with Gasteiger partial charge in [0.15, 0.2) is 0 Å². The average molecular weight is 405 g/mol. The molecule has 0 saturated carbocycles. The number of rotatable bonds is 9. The summed E-state index contributed by atoms with van der Waals surface area (Å²) >= 11 is 0. The summed E-state index contributed by atoms with van der Waals surface area (Å²) in [5.41, 5.74) is 0.460. The predicted molar refractivity (Wildman–Crippen MR) is 107 cm³/mol. The van der Waals surface area contributed by atoms with Crippen LogP contribution in [-0.2, 0) is 14.3 Å². The van der Waals surface area contributed by atoms with Crippen molar-refractivity contribution in [3.8, 4) is 11.5 Å². The summed E-state index contributed by atoms with van der Waals surface area (Å²) in [7, 11) is 3.01. The van der Waals surface area contributed by atoms with Crippen LogP contribution in [0.3, 0.4) is 0 Å². The Labute approximate surface area is 169 Å². The van der Waals surface area contributed by atoms with Crippen LogP contribution >= 0.6 is 0 Å². The van der Waals surface area contributed by atoms with E-state index in [0.29, 0.717) is 36.6 Å². The van der Waals surface area contributed by atoms with E-state index < -0.39 is 12.0 Å². The van der Waals surface area contributed by atoms with Crippen molar-refractivity contribution in [2.75, 3.05) is 32.7 Å². The minimum absolute atomic E-state index is 0.0220. The second-order valence-corrected chi connectivity index (χ2v) is 6.37. The highest BCUT2D eigenvalue weighted by Crippen LogP contribution is 2.25. The molecule has 1 saturated heterocycles. The van der Waals surface area contributed by atoms with Crippen molar-refractivity contribution in [1.29, 1.82) is 0 Å². The molecule has 0 unspecified atom stereocenters. The molecular weight excluding hydrogens is 378 g/mol. The normalized spacial score (nSPS) is 16.0. The van der Waals surface area contributed by atoms with Crippen LogP contribution in [0.1, 0.15) is 26.2 Å². The van der Waals surface area contributed by atoms with Gasteiger partial charge in [-0.25, -0.2) is 9.59 Å². The van der Waals surface area contributed by atoms with Gasteiger partial charge in [0, 0.05) is 36.3 Å². The van der Waals surface area contributed by atoms with Crippen LogP contribution in [0.2, 0.25) is 0 Å². The molecule has 1 aromatic rings. The molecule has 1 heterocycles. The van der Waals surface area contributed by atoms with Gasteiger partial charge < -0.3 is 30.2 Å². The second kappa shape index (κ2) is 10.9. The molecule has 3 N–H and O–H groups in total. The standard InChI is InChI=1S/C20H27N3O6/c1-4-29-19(25)17(7-5-6-13-8-9-21-18(13)24)23-20(26)22-14-10-15(27-2)12-16(11-14)28-3/h7,10-13H,4-6,8-9H2,1-3H3,(H,21,24)(H2,22,23,26)/t13-/m0/s1. The quantitative estimate of drug-likeness (QED) is 0.429. The lowest BCUT2D eigenvalue weighted by molar-refractivity contribution is -0.138. The van der Waals surface area contributed by atoms with Crippen LogP contribution in [0.15, 0.2) is 30.0 Å². The van der Waals surface area contributed by atoms with Gasteiger partial charge in [-0.05, 0) is 26.2 Å². The van der Waals surface area contributed by atoms with Crippen molar-refractivity contribution >= 4 is 23.6 Å². The Morgan fingerprint density at radius 1 is 1.21 bits per heavy atom. The van der Waals surface area contributed by atoms with Crippen LogP contribution in [0.4, 0.5) is 10.5 Å². The number of carbonyl (C=O) groups is 3. The number of esters is 1. The highest BCUT2D eigenvalue weighted by atomic mass is 16.5. The van der Waals surface area contributed by atoms with Gasteiger partial charge in [-0.15, -0.1) is 0 Å². The van der Waals surface area contributed by atoms with E-state index in [1.165, 1.54) is 14.2 Å². The Kier molecular flexibility index (Phi) is 8.32. The largest absolute Gasteiger partial charge is 0.497 e. The maximum Gasteiger partial charge on any atom is 0.354 e. The summed E-state index contributed by atoms with van der Waals surface area (Å²) in [5.74, 6) is 0.328. The predicted octanol–water partition coefficient (Wildman–Crippen LogP) is 2.19. The maximum atomic E-state index is 12.4. The van der Waals surface area contributed by atoms with Crippen LogP contribution in [0, 0.1) is 5.92 Å². The molecule has 158 valence electrons. The minimum Gasteiger partial charge on any atom is -0.497 e. The van der Waals surface area contributed by atoms with Gasteiger partial charge in [-0.3, -0.25) is 4.79 Å². The van der Waals surface area contributed by atoms with Crippen molar-refractivity contribution in [3.63, 3.8) is 0 Å². The Morgan fingerprint density at radius 3 is 2.45 bits per heavy atom. The van der Waals surface area contributed by atoms with Crippen LogP contribution in [-0.4, -0.2) is 45.3 Å². The summed E-state index contributed by atoms with van der Waals surface area (Å²) in [6.07, 6.45) is 3.40. The topological polar surface area (TPSA) is 115 Å². The SMILES string of the molecule is CCOC(=O)C(=CCC[C@H]1CCNC1=O)NC(=O)Nc1cc(OC)cc(OC)c1. The number of hydrogen-bond acceptors (Lipinski definition) is 6. The lowest BCUT2D eigenvalue weighted by atomic mass is 10.0. The van der Waals surface area contributed by atoms with Crippen molar-refractivity contribution in [2.45, 2.75) is 26.2 Å². The lowest BCUT2D eigenvalue weighted by Crippen LogP contribution is -2.32. The van der Waals surface area contributed by atoms with E-state index in [0.717, 1.165) is 6.42 Å². The third kappa shape index (κ3) is 6.70. The summed E-state index contributed by atoms with van der Waals surface area (Å²) in [6.45, 7) is 2.53. The van der Waals surface area contributed by atoms with E-state index in [1.807, 2.05) is 0 Å². The first kappa shape index (κ1) is 22.1. The molecule has 0 aromatic heterocycles. The van der Waals surface area contributed by atoms with E-state index >= 15 is 0 Å². The number of anilines is 1. The van der Waals surface area contributed by atoms with Gasteiger partial charge in [0.2, 0.25) is 5.91 Å². The zero-order valence-electron chi connectivity index (χ0n) is 16.9. The van der Waals surface area contributed by atoms with Crippen molar-refractivity contribution in [3.05, 3.63) is 30.0 Å². The smallest absolute Gasteiger partial charge is 0.354 e. The Hall–Kier alpha value is -3.23. The molecule has 0 aliphatic carbocycles. The first-order chi connectivity index (χ1) is 14.0. The molecule has 29 heavy (non-hydrogen) atoms. The second-order valence-electron chi connectivity index (χ2n) is 6.37. The number of hydrogen-bond donors (Lipinski definition) is 3. The molecule has 1 aliphatic rings. The molecule has 9 nitrogen and oxygen atoms in total. The molecule has 9 heteroatoms. The molecular formula is C20H27N3O6. The number of methoxy groups -OCH3 is 2. The first-order valence-corrected chi connectivity index (χ1v) is 9.42. The number of benzene rings is 1. The Morgan fingerprint density at radius 2 is 1.90 bits per heavy atom. The first-order valence-electron chi connectivity index (χ1n) is 9.42. The van der Waals surface area contributed by atoms with Gasteiger partial charge in [0.05, 0.1) is 20.8 Å². The van der Waals surface area contributed by atoms with Gasteiger partial charge in [0.1, 0.15) is 17.2 Å². The zero-order chi connectivity index (χ0) is 21.2. The molecule has 1 fully saturated rings. The average Bonchev–Trinajstić information content (AvgIpc) is 3.11. The summed E-state index contributed by atoms with van der Waals surface area (Å²) < 4.78 is 15.3. The fourth-order valence-electron chi connectivity index (χ4n) is 2.91. The van der Waals surface area contributed by atoms with E-state index in [2.05, 4.69) is 16.0 Å². The summed E-state index contributed by atoms with van der Waals surface area (Å²) in [6, 6.07) is 4.30. The number of amides is 3. The number of carbonyl (C=O) groups excluding carboxylic acids is 3. The van der Waals surface area contributed by atoms with Gasteiger partial charge in [0.25, 0.3) is 0 Å². The molecule has 2 rings (SSSR count). The highest BCUT2D eigenvalue weighted by Gasteiger charge is 2.23. The molecule has 1 atom stereocenters. The Bertz CT molecular complexity index is 755. The van der Waals surface area contributed by atoms with Gasteiger partial charge >= 0.3 is 12.0 Å². The van der Waals surface area contributed by atoms with Crippen LogP contribution in [0.25, 0.3) is 0 Å². The number of ether oxygens (including phenoxy) is 3. The van der Waals surface area contributed by atoms with Crippen molar-refractivity contribution in [1.82, 2.24) is 10.6 Å². The summed E-state index contributed by atoms with van der Waals surface area (Å²) in [4.78, 5) is 36.2. The maximum absolute atomic E-state index is 12.4. The number of nitrogens with one attached hydrogen (secondary N) is 3. The van der Waals surface area contributed by atoms with E-state index in [9.17, 15) is 14.4 Å². The molecule has 0 bridgehead atoms. The third-order valence-electron chi connectivity index (χ3n) is 4.38. The van der Waals surface area contributed by atoms with E-state index in [4.69, 9.17) is 14.2 Å². The lowest BCUT2D eigenvalue weighted by Gasteiger charge is -2.13. The van der Waals surface area contributed by atoms with Gasteiger partial charge in [-0.2, -0.15) is 0 Å². The summed E-state index contributed by atoms with van der Waals surface area (Å²) in [5, 5.41) is 7.93. The molecule has 0 spiro atoms. The monoisotopic (exact) mass is 405 g/mol. The molecule has 3 amide bonds. The van der Waals surface area contributed by atoms with Crippen molar-refractivity contribution < 1.29 is 28.6 Å². The van der Waals surface area contributed by atoms with Gasteiger partial charge in [-0.1, -0.05) is 6.08 Å². The van der Waals surface area contributed by atoms with Crippen LogP contribution in [0.5, 0.6) is 11.5 Å². The van der Waals surface area contributed by atoms with E-state index in [-0.39, 0.29) is 24.1 Å². The molecule has 1 aliphatic heterocycles. The van der Waals surface area contributed by atoms with Crippen LogP contribution < -0.4 is 25.4 Å². The number of allylic oxidation sites excluding steroid dienone is 1. The highest BCUT2D eigenvalue weighted by molar-refractivity contribution is 5.98. The Balaban J connectivity index is 2.03. The fourth-order valence-corrected chi connectivity index (χ4v) is 2.91. The number of urea groups is 1. The molecule has 0 radical (unpaired) electrons. The van der Waals surface area contributed by atoms with Crippen molar-refractivity contribution in [2.24, 2.45) is 5.92 Å². The van der Waals surface area contributed by atoms with E-state index in [1.54, 1.807) is 31.2 Å².